The third-order valence-corrected chi connectivity index (χ3v) is 3.00. The Morgan fingerprint density at radius 2 is 1.84 bits per heavy atom. The summed E-state index contributed by atoms with van der Waals surface area (Å²) in [5.41, 5.74) is 6.20. The van der Waals surface area contributed by atoms with Crippen LogP contribution in [0.4, 0.5) is 4.79 Å². The number of hydrogen-bond acceptors (Lipinski definition) is 2. The Bertz CT molecular complexity index is 420. The summed E-state index contributed by atoms with van der Waals surface area (Å²) in [6.07, 6.45) is 0.846. The molecule has 5 heteroatoms. The molecule has 0 saturated carbocycles. The number of benzene rings is 1. The summed E-state index contributed by atoms with van der Waals surface area (Å²) in [6.45, 7) is 4.28. The number of carbonyl (C=O) groups excluding carboxylic acids is 2. The van der Waals surface area contributed by atoms with Crippen LogP contribution in [-0.2, 0) is 4.79 Å². The van der Waals surface area contributed by atoms with Crippen LogP contribution >= 0.6 is 0 Å². The van der Waals surface area contributed by atoms with E-state index in [-0.39, 0.29) is 5.91 Å². The topological polar surface area (TPSA) is 84.2 Å². The van der Waals surface area contributed by atoms with E-state index in [4.69, 9.17) is 5.73 Å². The first-order chi connectivity index (χ1) is 9.00. The van der Waals surface area contributed by atoms with Crippen LogP contribution in [0.25, 0.3) is 0 Å². The Balaban J connectivity index is 2.30. The third kappa shape index (κ3) is 5.42. The van der Waals surface area contributed by atoms with Gasteiger partial charge in [0, 0.05) is 6.54 Å². The molecular formula is C14H21N3O2. The third-order valence-electron chi connectivity index (χ3n) is 3.00. The second-order valence-corrected chi connectivity index (χ2v) is 4.62. The van der Waals surface area contributed by atoms with E-state index < -0.39 is 12.1 Å². The largest absolute Gasteiger partial charge is 0.354 e. The van der Waals surface area contributed by atoms with E-state index >= 15 is 0 Å². The molecule has 0 spiro atoms. The minimum absolute atomic E-state index is 0.223. The Kier molecular flexibility index (Phi) is 5.85. The van der Waals surface area contributed by atoms with Crippen LogP contribution in [-0.4, -0.2) is 24.5 Å². The summed E-state index contributed by atoms with van der Waals surface area (Å²) in [5, 5.41) is 5.12. The van der Waals surface area contributed by atoms with Crippen LogP contribution in [0.3, 0.4) is 0 Å². The van der Waals surface area contributed by atoms with Crippen LogP contribution in [0.2, 0.25) is 0 Å². The maximum absolute atomic E-state index is 11.6. The summed E-state index contributed by atoms with van der Waals surface area (Å²) < 4.78 is 0. The maximum Gasteiger partial charge on any atom is 0.312 e. The van der Waals surface area contributed by atoms with Gasteiger partial charge in [0.15, 0.2) is 0 Å². The molecular weight excluding hydrogens is 242 g/mol. The van der Waals surface area contributed by atoms with Gasteiger partial charge in [-0.2, -0.15) is 0 Å². The van der Waals surface area contributed by atoms with E-state index in [9.17, 15) is 9.59 Å². The van der Waals surface area contributed by atoms with E-state index in [0.717, 1.165) is 6.42 Å². The molecule has 0 aromatic heterocycles. The first-order valence-corrected chi connectivity index (χ1v) is 6.39. The fourth-order valence-corrected chi connectivity index (χ4v) is 1.79. The summed E-state index contributed by atoms with van der Waals surface area (Å²) in [5.74, 6) is 0.153. The van der Waals surface area contributed by atoms with E-state index in [1.165, 1.54) is 5.56 Å². The van der Waals surface area contributed by atoms with Crippen LogP contribution in [0.5, 0.6) is 0 Å². The minimum Gasteiger partial charge on any atom is -0.354 e. The molecule has 19 heavy (non-hydrogen) atoms. The number of hydrogen-bond donors (Lipinski definition) is 3. The summed E-state index contributed by atoms with van der Waals surface area (Å²) in [7, 11) is 0. The number of urea groups is 1. The lowest BCUT2D eigenvalue weighted by molar-refractivity contribution is -0.122. The van der Waals surface area contributed by atoms with Gasteiger partial charge >= 0.3 is 6.03 Å². The first kappa shape index (κ1) is 15.0. The van der Waals surface area contributed by atoms with Crippen molar-refractivity contribution in [2.45, 2.75) is 32.2 Å². The number of rotatable bonds is 6. The monoisotopic (exact) mass is 263 g/mol. The van der Waals surface area contributed by atoms with Crippen molar-refractivity contribution in [3.63, 3.8) is 0 Å². The van der Waals surface area contributed by atoms with Crippen molar-refractivity contribution in [2.75, 3.05) is 6.54 Å². The summed E-state index contributed by atoms with van der Waals surface area (Å²) >= 11 is 0. The highest BCUT2D eigenvalue weighted by molar-refractivity contribution is 5.86. The standard InChI is InChI=1S/C14H21N3O2/c1-10(12-6-4-3-5-7-12)8-9-16-13(18)11(2)17-14(15)19/h3-7,10-11H,8-9H2,1-2H3,(H,16,18)(H3,15,17,19)/t10-,11+/m0/s1. The van der Waals surface area contributed by atoms with E-state index in [2.05, 4.69) is 29.7 Å². The van der Waals surface area contributed by atoms with Gasteiger partial charge in [0.1, 0.15) is 6.04 Å². The van der Waals surface area contributed by atoms with Crippen molar-refractivity contribution in [1.82, 2.24) is 10.6 Å². The molecule has 0 aliphatic rings. The van der Waals surface area contributed by atoms with Gasteiger partial charge in [-0.15, -0.1) is 0 Å². The molecule has 0 unspecified atom stereocenters. The van der Waals surface area contributed by atoms with Crippen molar-refractivity contribution in [3.05, 3.63) is 35.9 Å². The number of amides is 3. The molecule has 2 atom stereocenters. The minimum atomic E-state index is -0.694. The average Bonchev–Trinajstić information content (AvgIpc) is 2.38. The molecule has 1 rings (SSSR count). The van der Waals surface area contributed by atoms with Crippen LogP contribution in [0.1, 0.15) is 31.7 Å². The predicted molar refractivity (Wildman–Crippen MR) is 74.7 cm³/mol. The predicted octanol–water partition coefficient (Wildman–Crippen LogP) is 1.35. The number of nitrogens with one attached hydrogen (secondary N) is 2. The van der Waals surface area contributed by atoms with Gasteiger partial charge in [-0.1, -0.05) is 37.3 Å². The normalized spacial score (nSPS) is 13.4. The second kappa shape index (κ2) is 7.41. The Labute approximate surface area is 113 Å². The molecule has 1 aromatic carbocycles. The molecule has 5 nitrogen and oxygen atoms in total. The Morgan fingerprint density at radius 1 is 1.21 bits per heavy atom. The molecule has 0 radical (unpaired) electrons. The Morgan fingerprint density at radius 3 is 2.42 bits per heavy atom. The lowest BCUT2D eigenvalue weighted by Gasteiger charge is -2.15. The second-order valence-electron chi connectivity index (χ2n) is 4.62. The highest BCUT2D eigenvalue weighted by atomic mass is 16.2. The molecule has 1 aromatic rings. The van der Waals surface area contributed by atoms with Gasteiger partial charge in [0.05, 0.1) is 0 Å². The quantitative estimate of drug-likeness (QED) is 0.724. The average molecular weight is 263 g/mol. The van der Waals surface area contributed by atoms with Crippen molar-refractivity contribution in [3.8, 4) is 0 Å². The van der Waals surface area contributed by atoms with Crippen LogP contribution in [0, 0.1) is 0 Å². The van der Waals surface area contributed by atoms with Gasteiger partial charge < -0.3 is 16.4 Å². The number of nitrogens with two attached hydrogens (primary N) is 1. The molecule has 0 heterocycles. The molecule has 0 aliphatic carbocycles. The molecule has 4 N–H and O–H groups in total. The van der Waals surface area contributed by atoms with Crippen molar-refractivity contribution in [1.29, 1.82) is 0 Å². The van der Waals surface area contributed by atoms with Crippen LogP contribution < -0.4 is 16.4 Å². The fraction of sp³-hybridized carbons (Fsp3) is 0.429. The van der Waals surface area contributed by atoms with E-state index in [1.807, 2.05) is 18.2 Å². The van der Waals surface area contributed by atoms with Crippen LogP contribution in [0.15, 0.2) is 30.3 Å². The molecule has 0 bridgehead atoms. The highest BCUT2D eigenvalue weighted by Gasteiger charge is 2.13. The highest BCUT2D eigenvalue weighted by Crippen LogP contribution is 2.17. The maximum atomic E-state index is 11.6. The number of primary amides is 1. The van der Waals surface area contributed by atoms with Crippen molar-refractivity contribution in [2.24, 2.45) is 5.73 Å². The molecule has 3 amide bonds. The van der Waals surface area contributed by atoms with Gasteiger partial charge in [0.2, 0.25) is 5.91 Å². The zero-order chi connectivity index (χ0) is 14.3. The molecule has 0 fully saturated rings. The van der Waals surface area contributed by atoms with Gasteiger partial charge in [-0.3, -0.25) is 4.79 Å². The van der Waals surface area contributed by atoms with Crippen molar-refractivity contribution < 1.29 is 9.59 Å². The van der Waals surface area contributed by atoms with E-state index in [0.29, 0.717) is 12.5 Å². The number of carbonyl (C=O) groups is 2. The zero-order valence-corrected chi connectivity index (χ0v) is 11.3. The van der Waals surface area contributed by atoms with E-state index in [1.54, 1.807) is 6.92 Å². The first-order valence-electron chi connectivity index (χ1n) is 6.39. The van der Waals surface area contributed by atoms with Crippen molar-refractivity contribution >= 4 is 11.9 Å². The van der Waals surface area contributed by atoms with Gasteiger partial charge in [-0.05, 0) is 24.8 Å². The van der Waals surface area contributed by atoms with Gasteiger partial charge in [-0.25, -0.2) is 4.79 Å². The lowest BCUT2D eigenvalue weighted by atomic mass is 9.98. The molecule has 0 aliphatic heterocycles. The summed E-state index contributed by atoms with van der Waals surface area (Å²) in [6, 6.07) is 8.83. The smallest absolute Gasteiger partial charge is 0.312 e. The fourth-order valence-electron chi connectivity index (χ4n) is 1.79. The molecule has 0 saturated heterocycles. The SMILES string of the molecule is C[C@@H](NC(N)=O)C(=O)NCC[C@H](C)c1ccccc1. The van der Waals surface area contributed by atoms with Gasteiger partial charge in [0.25, 0.3) is 0 Å². The zero-order valence-electron chi connectivity index (χ0n) is 11.3. The Hall–Kier alpha value is -2.04. The lowest BCUT2D eigenvalue weighted by Crippen LogP contribution is -2.47. The summed E-state index contributed by atoms with van der Waals surface area (Å²) in [4.78, 5) is 22.2. The molecule has 104 valence electrons.